The second-order valence-electron chi connectivity index (χ2n) is 7.72. The van der Waals surface area contributed by atoms with Gasteiger partial charge < -0.3 is 5.32 Å². The van der Waals surface area contributed by atoms with Crippen LogP contribution in [0.4, 0.5) is 5.82 Å². The Bertz CT molecular complexity index is 1290. The second kappa shape index (κ2) is 9.30. The molecule has 1 N–H and O–H groups in total. The Balaban J connectivity index is 1.48. The molecule has 2 aromatic heterocycles. The van der Waals surface area contributed by atoms with Crippen LogP contribution in [0.1, 0.15) is 38.6 Å². The van der Waals surface area contributed by atoms with Gasteiger partial charge in [0.2, 0.25) is 0 Å². The maximum atomic E-state index is 12.9. The van der Waals surface area contributed by atoms with Gasteiger partial charge in [-0.3, -0.25) is 14.2 Å². The van der Waals surface area contributed by atoms with Gasteiger partial charge in [-0.2, -0.15) is 10.2 Å². The standard InChI is InChI=1S/C24H23BrClN5O/c1-15-11-22(29-30(15)14-20-8-4-5-10-21(20)26)27-24(32)19-9-6-7-18(12-19)13-31-17(3)23(25)16(2)28-31/h4-12H,13-14H2,1-3H3,(H,27,29,32). The van der Waals surface area contributed by atoms with Gasteiger partial charge in [0.25, 0.3) is 5.91 Å². The molecule has 0 aliphatic heterocycles. The molecule has 0 spiro atoms. The highest BCUT2D eigenvalue weighted by molar-refractivity contribution is 9.10. The van der Waals surface area contributed by atoms with Crippen molar-refractivity contribution >= 4 is 39.3 Å². The Morgan fingerprint density at radius 2 is 1.78 bits per heavy atom. The molecule has 8 heteroatoms. The zero-order chi connectivity index (χ0) is 22.8. The van der Waals surface area contributed by atoms with Crippen LogP contribution >= 0.6 is 27.5 Å². The summed E-state index contributed by atoms with van der Waals surface area (Å²) in [7, 11) is 0. The number of halogens is 2. The summed E-state index contributed by atoms with van der Waals surface area (Å²) in [4.78, 5) is 12.9. The van der Waals surface area contributed by atoms with Crippen molar-refractivity contribution in [3.05, 3.63) is 97.9 Å². The second-order valence-corrected chi connectivity index (χ2v) is 8.92. The summed E-state index contributed by atoms with van der Waals surface area (Å²) < 4.78 is 4.76. The van der Waals surface area contributed by atoms with Crippen LogP contribution in [0, 0.1) is 20.8 Å². The highest BCUT2D eigenvalue weighted by Gasteiger charge is 2.13. The van der Waals surface area contributed by atoms with E-state index < -0.39 is 0 Å². The molecular formula is C24H23BrClN5O. The van der Waals surface area contributed by atoms with Gasteiger partial charge in [0.05, 0.1) is 29.0 Å². The third-order valence-electron chi connectivity index (χ3n) is 5.32. The Morgan fingerprint density at radius 1 is 1.00 bits per heavy atom. The zero-order valence-electron chi connectivity index (χ0n) is 18.1. The van der Waals surface area contributed by atoms with E-state index in [9.17, 15) is 4.79 Å². The Morgan fingerprint density at radius 3 is 2.50 bits per heavy atom. The number of rotatable bonds is 6. The summed E-state index contributed by atoms with van der Waals surface area (Å²) in [5.41, 5.74) is 5.47. The minimum Gasteiger partial charge on any atom is -0.305 e. The van der Waals surface area contributed by atoms with Crippen LogP contribution in [0.25, 0.3) is 0 Å². The average Bonchev–Trinajstić information content (AvgIpc) is 3.23. The summed E-state index contributed by atoms with van der Waals surface area (Å²) in [6.07, 6.45) is 0. The van der Waals surface area contributed by atoms with Gasteiger partial charge in [-0.15, -0.1) is 0 Å². The number of anilines is 1. The first-order chi connectivity index (χ1) is 15.3. The smallest absolute Gasteiger partial charge is 0.256 e. The molecule has 4 rings (SSSR count). The van der Waals surface area contributed by atoms with Crippen LogP contribution in [-0.4, -0.2) is 25.5 Å². The third-order valence-corrected chi connectivity index (χ3v) is 6.83. The SMILES string of the molecule is Cc1nn(Cc2cccc(C(=O)Nc3cc(C)n(Cc4ccccc4Cl)n3)c2)c(C)c1Br. The van der Waals surface area contributed by atoms with Crippen molar-refractivity contribution in [2.45, 2.75) is 33.9 Å². The number of nitrogens with zero attached hydrogens (tertiary/aromatic N) is 4. The van der Waals surface area contributed by atoms with Crippen molar-refractivity contribution in [1.82, 2.24) is 19.6 Å². The van der Waals surface area contributed by atoms with Crippen LogP contribution in [0.2, 0.25) is 5.02 Å². The zero-order valence-corrected chi connectivity index (χ0v) is 20.4. The summed E-state index contributed by atoms with van der Waals surface area (Å²) in [5.74, 6) is 0.302. The molecule has 6 nitrogen and oxygen atoms in total. The first kappa shape index (κ1) is 22.3. The van der Waals surface area contributed by atoms with Gasteiger partial charge >= 0.3 is 0 Å². The largest absolute Gasteiger partial charge is 0.305 e. The number of hydrogen-bond donors (Lipinski definition) is 1. The number of carbonyl (C=O) groups excluding carboxylic acids is 1. The molecule has 2 heterocycles. The first-order valence-electron chi connectivity index (χ1n) is 10.2. The van der Waals surface area contributed by atoms with E-state index in [0.717, 1.165) is 32.7 Å². The number of amides is 1. The fraction of sp³-hybridized carbons (Fsp3) is 0.208. The van der Waals surface area contributed by atoms with Crippen LogP contribution in [0.3, 0.4) is 0 Å². The maximum absolute atomic E-state index is 12.9. The lowest BCUT2D eigenvalue weighted by Gasteiger charge is -2.08. The van der Waals surface area contributed by atoms with Crippen LogP contribution in [-0.2, 0) is 13.1 Å². The van der Waals surface area contributed by atoms with E-state index in [4.69, 9.17) is 11.6 Å². The number of aryl methyl sites for hydroxylation is 2. The van der Waals surface area contributed by atoms with Gasteiger partial charge in [0, 0.05) is 22.3 Å². The van der Waals surface area contributed by atoms with Gasteiger partial charge in [-0.05, 0) is 66.0 Å². The fourth-order valence-electron chi connectivity index (χ4n) is 3.52. The molecule has 0 aliphatic carbocycles. The highest BCUT2D eigenvalue weighted by Crippen LogP contribution is 2.21. The molecule has 0 atom stereocenters. The molecule has 32 heavy (non-hydrogen) atoms. The molecule has 164 valence electrons. The predicted molar refractivity (Wildman–Crippen MR) is 130 cm³/mol. The molecule has 0 fully saturated rings. The lowest BCUT2D eigenvalue weighted by atomic mass is 10.1. The predicted octanol–water partition coefficient (Wildman–Crippen LogP) is 5.77. The van der Waals surface area contributed by atoms with E-state index >= 15 is 0 Å². The van der Waals surface area contributed by atoms with Crippen molar-refractivity contribution < 1.29 is 4.79 Å². The third kappa shape index (κ3) is 4.79. The van der Waals surface area contributed by atoms with Crippen molar-refractivity contribution in [3.63, 3.8) is 0 Å². The molecule has 0 saturated heterocycles. The summed E-state index contributed by atoms with van der Waals surface area (Å²) in [5, 5.41) is 12.7. The Kier molecular flexibility index (Phi) is 6.48. The lowest BCUT2D eigenvalue weighted by molar-refractivity contribution is 0.102. The van der Waals surface area contributed by atoms with E-state index in [-0.39, 0.29) is 5.91 Å². The molecular weight excluding hydrogens is 490 g/mol. The molecule has 0 aliphatic rings. The van der Waals surface area contributed by atoms with Crippen LogP contribution in [0.5, 0.6) is 0 Å². The van der Waals surface area contributed by atoms with E-state index in [1.54, 1.807) is 6.07 Å². The van der Waals surface area contributed by atoms with Crippen molar-refractivity contribution in [1.29, 1.82) is 0 Å². The normalized spacial score (nSPS) is 11.0. The molecule has 4 aromatic rings. The summed E-state index contributed by atoms with van der Waals surface area (Å²) in [6, 6.07) is 17.1. The van der Waals surface area contributed by atoms with Crippen molar-refractivity contribution in [2.75, 3.05) is 5.32 Å². The lowest BCUT2D eigenvalue weighted by Crippen LogP contribution is -2.14. The maximum Gasteiger partial charge on any atom is 0.256 e. The number of hydrogen-bond acceptors (Lipinski definition) is 3. The number of nitrogens with one attached hydrogen (secondary N) is 1. The average molecular weight is 513 g/mol. The monoisotopic (exact) mass is 511 g/mol. The summed E-state index contributed by atoms with van der Waals surface area (Å²) in [6.45, 7) is 7.05. The van der Waals surface area contributed by atoms with E-state index in [1.165, 1.54) is 0 Å². The van der Waals surface area contributed by atoms with E-state index in [1.807, 2.05) is 78.7 Å². The molecule has 0 bridgehead atoms. The molecule has 0 saturated carbocycles. The van der Waals surface area contributed by atoms with Crippen molar-refractivity contribution in [2.24, 2.45) is 0 Å². The minimum absolute atomic E-state index is 0.205. The highest BCUT2D eigenvalue weighted by atomic mass is 79.9. The Labute approximate surface area is 200 Å². The molecule has 0 unspecified atom stereocenters. The summed E-state index contributed by atoms with van der Waals surface area (Å²) >= 11 is 9.83. The van der Waals surface area contributed by atoms with Crippen molar-refractivity contribution in [3.8, 4) is 0 Å². The van der Waals surface area contributed by atoms with Gasteiger partial charge in [-0.25, -0.2) is 0 Å². The molecule has 1 amide bonds. The van der Waals surface area contributed by atoms with Gasteiger partial charge in [0.1, 0.15) is 0 Å². The number of carbonyl (C=O) groups is 1. The molecule has 0 radical (unpaired) electrons. The molecule has 2 aromatic carbocycles. The van der Waals surface area contributed by atoms with Crippen LogP contribution in [0.15, 0.2) is 59.1 Å². The first-order valence-corrected chi connectivity index (χ1v) is 11.4. The van der Waals surface area contributed by atoms with Crippen LogP contribution < -0.4 is 5.32 Å². The quantitative estimate of drug-likeness (QED) is 0.357. The topological polar surface area (TPSA) is 64.7 Å². The van der Waals surface area contributed by atoms with Gasteiger partial charge in [-0.1, -0.05) is 41.9 Å². The Hall–Kier alpha value is -2.90. The minimum atomic E-state index is -0.205. The number of aromatic nitrogens is 4. The van der Waals surface area contributed by atoms with E-state index in [2.05, 4.69) is 31.4 Å². The van der Waals surface area contributed by atoms with Gasteiger partial charge in [0.15, 0.2) is 5.82 Å². The van der Waals surface area contributed by atoms with E-state index in [0.29, 0.717) is 29.5 Å². The fourth-order valence-corrected chi connectivity index (χ4v) is 4.00. The number of benzene rings is 2.